The highest BCUT2D eigenvalue weighted by molar-refractivity contribution is 5.95. The van der Waals surface area contributed by atoms with Gasteiger partial charge >= 0.3 is 6.09 Å². The maximum Gasteiger partial charge on any atom is 0.410 e. The first kappa shape index (κ1) is 15.4. The van der Waals surface area contributed by atoms with Crippen molar-refractivity contribution in [1.82, 2.24) is 4.90 Å². The number of carbonyl (C=O) groups excluding carboxylic acids is 2. The summed E-state index contributed by atoms with van der Waals surface area (Å²) in [6, 6.07) is 5.97. The van der Waals surface area contributed by atoms with E-state index in [1.807, 2.05) is 25.1 Å². The molecule has 114 valence electrons. The van der Waals surface area contributed by atoms with Crippen LogP contribution in [-0.2, 0) is 9.53 Å². The van der Waals surface area contributed by atoms with Crippen molar-refractivity contribution in [1.29, 1.82) is 0 Å². The minimum Gasteiger partial charge on any atom is -0.449 e. The molecule has 1 aromatic rings. The van der Waals surface area contributed by atoms with E-state index in [1.165, 1.54) is 4.90 Å². The van der Waals surface area contributed by atoms with Crippen LogP contribution < -0.4 is 5.32 Å². The summed E-state index contributed by atoms with van der Waals surface area (Å²) in [7, 11) is 0. The fourth-order valence-corrected chi connectivity index (χ4v) is 2.44. The van der Waals surface area contributed by atoms with Crippen LogP contribution in [0.2, 0.25) is 0 Å². The molecule has 0 bridgehead atoms. The van der Waals surface area contributed by atoms with E-state index in [9.17, 15) is 9.59 Å². The van der Waals surface area contributed by atoms with Gasteiger partial charge < -0.3 is 10.1 Å². The molecule has 0 unspecified atom stereocenters. The number of para-hydroxylation sites is 1. The maximum atomic E-state index is 12.2. The second-order valence-electron chi connectivity index (χ2n) is 5.63. The van der Waals surface area contributed by atoms with Gasteiger partial charge in [0.1, 0.15) is 6.54 Å². The Kier molecular flexibility index (Phi) is 4.83. The summed E-state index contributed by atoms with van der Waals surface area (Å²) in [6.45, 7) is 7.18. The average molecular weight is 290 g/mol. The van der Waals surface area contributed by atoms with Gasteiger partial charge in [0.05, 0.1) is 6.61 Å². The molecule has 1 fully saturated rings. The van der Waals surface area contributed by atoms with Gasteiger partial charge in [-0.15, -0.1) is 0 Å². The second-order valence-corrected chi connectivity index (χ2v) is 5.63. The molecule has 1 heterocycles. The molecule has 1 saturated heterocycles. The lowest BCUT2D eigenvalue weighted by Gasteiger charge is -2.26. The fourth-order valence-electron chi connectivity index (χ4n) is 2.44. The van der Waals surface area contributed by atoms with Crippen molar-refractivity contribution in [3.8, 4) is 0 Å². The van der Waals surface area contributed by atoms with E-state index in [1.54, 1.807) is 0 Å². The van der Waals surface area contributed by atoms with Crippen LogP contribution in [0.4, 0.5) is 10.5 Å². The third-order valence-electron chi connectivity index (χ3n) is 3.58. The monoisotopic (exact) mass is 290 g/mol. The Morgan fingerprint density at radius 2 is 2.19 bits per heavy atom. The highest BCUT2D eigenvalue weighted by atomic mass is 16.6. The van der Waals surface area contributed by atoms with Gasteiger partial charge in [-0.2, -0.15) is 0 Å². The lowest BCUT2D eigenvalue weighted by Crippen LogP contribution is -2.42. The molecule has 1 N–H and O–H groups in total. The Morgan fingerprint density at radius 3 is 2.86 bits per heavy atom. The van der Waals surface area contributed by atoms with Gasteiger partial charge in [-0.05, 0) is 30.4 Å². The Bertz CT molecular complexity index is 540. The number of benzene rings is 1. The van der Waals surface area contributed by atoms with E-state index < -0.39 is 6.09 Å². The van der Waals surface area contributed by atoms with Crippen molar-refractivity contribution in [2.24, 2.45) is 0 Å². The SMILES string of the molecule is Cc1cccc(C(C)C)c1NC(=O)CN1CCCOC1=O. The van der Waals surface area contributed by atoms with Gasteiger partial charge in [0.15, 0.2) is 0 Å². The Balaban J connectivity index is 2.07. The quantitative estimate of drug-likeness (QED) is 0.927. The second kappa shape index (κ2) is 6.61. The number of cyclic esters (lactones) is 1. The van der Waals surface area contributed by atoms with Gasteiger partial charge in [0.25, 0.3) is 0 Å². The topological polar surface area (TPSA) is 58.6 Å². The van der Waals surface area contributed by atoms with E-state index in [4.69, 9.17) is 4.74 Å². The predicted molar refractivity (Wildman–Crippen MR) is 81.4 cm³/mol. The summed E-state index contributed by atoms with van der Waals surface area (Å²) < 4.78 is 4.93. The van der Waals surface area contributed by atoms with Crippen molar-refractivity contribution in [2.75, 3.05) is 25.0 Å². The summed E-state index contributed by atoms with van der Waals surface area (Å²) in [5.74, 6) is 0.130. The van der Waals surface area contributed by atoms with Gasteiger partial charge in [-0.3, -0.25) is 9.69 Å². The lowest BCUT2D eigenvalue weighted by molar-refractivity contribution is -0.117. The first-order valence-electron chi connectivity index (χ1n) is 7.30. The molecule has 21 heavy (non-hydrogen) atoms. The van der Waals surface area contributed by atoms with Gasteiger partial charge in [0.2, 0.25) is 5.91 Å². The molecule has 2 amide bonds. The number of ether oxygens (including phenoxy) is 1. The van der Waals surface area contributed by atoms with Crippen molar-refractivity contribution in [2.45, 2.75) is 33.1 Å². The number of hydrogen-bond acceptors (Lipinski definition) is 3. The lowest BCUT2D eigenvalue weighted by atomic mass is 9.98. The summed E-state index contributed by atoms with van der Waals surface area (Å²) in [4.78, 5) is 25.2. The van der Waals surface area contributed by atoms with Gasteiger partial charge in [-0.1, -0.05) is 32.0 Å². The largest absolute Gasteiger partial charge is 0.449 e. The molecule has 5 heteroatoms. The molecule has 1 aliphatic heterocycles. The van der Waals surface area contributed by atoms with E-state index >= 15 is 0 Å². The molecule has 0 aromatic heterocycles. The Hall–Kier alpha value is -2.04. The normalized spacial score (nSPS) is 15.0. The zero-order chi connectivity index (χ0) is 15.4. The molecule has 1 aromatic carbocycles. The fraction of sp³-hybridized carbons (Fsp3) is 0.500. The van der Waals surface area contributed by atoms with Crippen molar-refractivity contribution in [3.05, 3.63) is 29.3 Å². The van der Waals surface area contributed by atoms with Gasteiger partial charge in [0, 0.05) is 12.2 Å². The highest BCUT2D eigenvalue weighted by Gasteiger charge is 2.22. The molecule has 0 spiro atoms. The summed E-state index contributed by atoms with van der Waals surface area (Å²) in [6.07, 6.45) is 0.353. The average Bonchev–Trinajstić information content (AvgIpc) is 2.43. The molecule has 0 saturated carbocycles. The number of carbonyl (C=O) groups is 2. The number of anilines is 1. The first-order valence-corrected chi connectivity index (χ1v) is 7.30. The molecule has 5 nitrogen and oxygen atoms in total. The van der Waals surface area contributed by atoms with Crippen LogP contribution in [0.3, 0.4) is 0 Å². The highest BCUT2D eigenvalue weighted by Crippen LogP contribution is 2.27. The summed E-state index contributed by atoms with van der Waals surface area (Å²) >= 11 is 0. The van der Waals surface area contributed by atoms with Crippen LogP contribution in [0.1, 0.15) is 37.3 Å². The minimum absolute atomic E-state index is 0.0324. The molecule has 0 atom stereocenters. The summed E-state index contributed by atoms with van der Waals surface area (Å²) in [5.41, 5.74) is 2.98. The number of rotatable bonds is 4. The van der Waals surface area contributed by atoms with E-state index in [-0.39, 0.29) is 12.5 Å². The van der Waals surface area contributed by atoms with Crippen molar-refractivity contribution >= 4 is 17.7 Å². The maximum absolute atomic E-state index is 12.2. The Labute approximate surface area is 125 Å². The number of nitrogens with one attached hydrogen (secondary N) is 1. The zero-order valence-corrected chi connectivity index (χ0v) is 12.8. The third-order valence-corrected chi connectivity index (χ3v) is 3.58. The molecule has 2 rings (SSSR count). The van der Waals surface area contributed by atoms with Crippen LogP contribution in [-0.4, -0.2) is 36.6 Å². The van der Waals surface area contributed by atoms with E-state index in [0.717, 1.165) is 23.2 Å². The van der Waals surface area contributed by atoms with Crippen LogP contribution in [0, 0.1) is 6.92 Å². The Morgan fingerprint density at radius 1 is 1.43 bits per heavy atom. The molecule has 0 aliphatic carbocycles. The number of hydrogen-bond donors (Lipinski definition) is 1. The zero-order valence-electron chi connectivity index (χ0n) is 12.8. The van der Waals surface area contributed by atoms with E-state index in [0.29, 0.717) is 19.1 Å². The molecular formula is C16H22N2O3. The van der Waals surface area contributed by atoms with Crippen LogP contribution in [0.5, 0.6) is 0 Å². The number of nitrogens with zero attached hydrogens (tertiary/aromatic N) is 1. The standard InChI is InChI=1S/C16H22N2O3/c1-11(2)13-7-4-6-12(3)15(13)17-14(19)10-18-8-5-9-21-16(18)20/h4,6-7,11H,5,8-10H2,1-3H3,(H,17,19). The smallest absolute Gasteiger partial charge is 0.410 e. The van der Waals surface area contributed by atoms with E-state index in [2.05, 4.69) is 19.2 Å². The minimum atomic E-state index is -0.412. The van der Waals surface area contributed by atoms with Crippen LogP contribution >= 0.6 is 0 Å². The number of aryl methyl sites for hydroxylation is 1. The van der Waals surface area contributed by atoms with Crippen molar-refractivity contribution in [3.63, 3.8) is 0 Å². The van der Waals surface area contributed by atoms with Gasteiger partial charge in [-0.25, -0.2) is 4.79 Å². The first-order chi connectivity index (χ1) is 9.99. The predicted octanol–water partition coefficient (Wildman–Crippen LogP) is 2.90. The molecule has 1 aliphatic rings. The van der Waals surface area contributed by atoms with Crippen LogP contribution in [0.25, 0.3) is 0 Å². The summed E-state index contributed by atoms with van der Waals surface area (Å²) in [5, 5.41) is 2.94. The van der Waals surface area contributed by atoms with Crippen LogP contribution in [0.15, 0.2) is 18.2 Å². The molecular weight excluding hydrogens is 268 g/mol. The molecule has 0 radical (unpaired) electrons. The number of amides is 2. The third kappa shape index (κ3) is 3.74. The van der Waals surface area contributed by atoms with Crippen molar-refractivity contribution < 1.29 is 14.3 Å².